The van der Waals surface area contributed by atoms with Crippen LogP contribution < -0.4 is 10.3 Å². The zero-order valence-electron chi connectivity index (χ0n) is 13.7. The van der Waals surface area contributed by atoms with Crippen molar-refractivity contribution in [3.05, 3.63) is 64.1 Å². The first kappa shape index (κ1) is 16.3. The van der Waals surface area contributed by atoms with Crippen LogP contribution in [0, 0.1) is 0 Å². The topological polar surface area (TPSA) is 77.8 Å². The van der Waals surface area contributed by atoms with Gasteiger partial charge in [0.1, 0.15) is 17.5 Å². The fourth-order valence-electron chi connectivity index (χ4n) is 2.98. The lowest BCUT2D eigenvalue weighted by Crippen LogP contribution is -2.52. The van der Waals surface area contributed by atoms with Crippen LogP contribution in [0.2, 0.25) is 0 Å². The van der Waals surface area contributed by atoms with E-state index in [1.807, 2.05) is 0 Å². The number of nitrogens with zero attached hydrogens (tertiary/aromatic N) is 1. The van der Waals surface area contributed by atoms with Gasteiger partial charge in [-0.25, -0.2) is 4.79 Å². The Morgan fingerprint density at radius 3 is 2.71 bits per heavy atom. The number of fused-ring (bicyclic) bond motifs is 1. The van der Waals surface area contributed by atoms with E-state index in [0.29, 0.717) is 16.9 Å². The summed E-state index contributed by atoms with van der Waals surface area (Å²) >= 11 is 0. The van der Waals surface area contributed by atoms with Gasteiger partial charge >= 0.3 is 5.97 Å². The Kier molecular flexibility index (Phi) is 3.93. The molecule has 0 saturated heterocycles. The molecule has 24 heavy (non-hydrogen) atoms. The number of esters is 1. The van der Waals surface area contributed by atoms with Gasteiger partial charge in [0.15, 0.2) is 0 Å². The molecule has 1 N–H and O–H groups in total. The molecule has 0 spiro atoms. The zero-order valence-corrected chi connectivity index (χ0v) is 13.7. The Morgan fingerprint density at radius 1 is 1.29 bits per heavy atom. The van der Waals surface area contributed by atoms with Crippen LogP contribution in [0.5, 0.6) is 5.75 Å². The van der Waals surface area contributed by atoms with E-state index in [1.54, 1.807) is 50.4 Å². The molecule has 0 unspecified atom stereocenters. The molecule has 1 aromatic heterocycles. The van der Waals surface area contributed by atoms with Gasteiger partial charge in [-0.1, -0.05) is 6.07 Å². The van der Waals surface area contributed by atoms with Gasteiger partial charge in [0.25, 0.3) is 5.56 Å². The Bertz CT molecular complexity index is 839. The highest BCUT2D eigenvalue weighted by atomic mass is 16.5. The van der Waals surface area contributed by atoms with E-state index in [9.17, 15) is 14.7 Å². The highest BCUT2D eigenvalue weighted by Crippen LogP contribution is 2.41. The monoisotopic (exact) mass is 329 g/mol. The molecule has 1 aromatic carbocycles. The summed E-state index contributed by atoms with van der Waals surface area (Å²) < 4.78 is 12.1. The molecule has 1 aliphatic heterocycles. The molecule has 6 nitrogen and oxygen atoms in total. The number of hydrogen-bond donors (Lipinski definition) is 1. The Hall–Kier alpha value is -2.60. The molecule has 0 bridgehead atoms. The molecule has 0 amide bonds. The predicted octanol–water partition coefficient (Wildman–Crippen LogP) is 1.76. The van der Waals surface area contributed by atoms with E-state index < -0.39 is 23.7 Å². The van der Waals surface area contributed by atoms with Gasteiger partial charge in [-0.3, -0.25) is 4.79 Å². The molecule has 126 valence electrons. The summed E-state index contributed by atoms with van der Waals surface area (Å²) in [6, 6.07) is 8.99. The van der Waals surface area contributed by atoms with Gasteiger partial charge in [0, 0.05) is 17.8 Å². The third kappa shape index (κ3) is 2.59. The molecule has 2 atom stereocenters. The summed E-state index contributed by atoms with van der Waals surface area (Å²) in [5.41, 5.74) is -0.229. The minimum absolute atomic E-state index is 0.242. The maximum absolute atomic E-state index is 12.3. The summed E-state index contributed by atoms with van der Waals surface area (Å²) in [4.78, 5) is 24.1. The Labute approximate surface area is 139 Å². The van der Waals surface area contributed by atoms with E-state index in [2.05, 4.69) is 0 Å². The van der Waals surface area contributed by atoms with Gasteiger partial charge < -0.3 is 19.1 Å². The van der Waals surface area contributed by atoms with Crippen LogP contribution in [0.1, 0.15) is 35.8 Å². The molecular formula is C18H19NO5. The molecule has 0 fully saturated rings. The third-order valence-corrected chi connectivity index (χ3v) is 4.28. The maximum atomic E-state index is 12.3. The van der Waals surface area contributed by atoms with Crippen molar-refractivity contribution in [3.63, 3.8) is 0 Å². The quantitative estimate of drug-likeness (QED) is 0.850. The Balaban J connectivity index is 2.23. The van der Waals surface area contributed by atoms with Gasteiger partial charge in [-0.2, -0.15) is 0 Å². The number of carbonyl (C=O) groups excluding carboxylic acids is 1. The van der Waals surface area contributed by atoms with E-state index >= 15 is 0 Å². The first-order valence-electron chi connectivity index (χ1n) is 7.61. The van der Waals surface area contributed by atoms with Gasteiger partial charge in [-0.15, -0.1) is 0 Å². The van der Waals surface area contributed by atoms with Crippen molar-refractivity contribution in [2.45, 2.75) is 31.6 Å². The van der Waals surface area contributed by atoms with Crippen LogP contribution in [-0.2, 0) is 4.74 Å². The number of pyridine rings is 1. The second-order valence-corrected chi connectivity index (χ2v) is 6.29. The van der Waals surface area contributed by atoms with Crippen molar-refractivity contribution in [2.75, 3.05) is 7.11 Å². The van der Waals surface area contributed by atoms with E-state index in [-0.39, 0.29) is 5.56 Å². The van der Waals surface area contributed by atoms with E-state index in [4.69, 9.17) is 9.47 Å². The molecule has 1 aliphatic rings. The Morgan fingerprint density at radius 2 is 2.04 bits per heavy atom. The van der Waals surface area contributed by atoms with Crippen LogP contribution in [0.15, 0.2) is 47.4 Å². The normalized spacial score (nSPS) is 21.5. The average molecular weight is 329 g/mol. The van der Waals surface area contributed by atoms with Crippen molar-refractivity contribution in [1.82, 2.24) is 4.57 Å². The van der Waals surface area contributed by atoms with Gasteiger partial charge in [0.2, 0.25) is 0 Å². The number of rotatable bonds is 2. The molecule has 6 heteroatoms. The number of benzene rings is 1. The second kappa shape index (κ2) is 5.79. The molecule has 0 aliphatic carbocycles. The fourth-order valence-corrected chi connectivity index (χ4v) is 2.98. The fraction of sp³-hybridized carbons (Fsp3) is 0.333. The number of hydrogen-bond acceptors (Lipinski definition) is 5. The molecule has 3 rings (SSSR count). The number of aliphatic hydroxyl groups is 1. The summed E-state index contributed by atoms with van der Waals surface area (Å²) in [7, 11) is 1.30. The summed E-state index contributed by atoms with van der Waals surface area (Å²) in [5.74, 6) is 0.0370. The standard InChI is InChI=1S/C18H19NO5/c1-18(2)16(21)15(19-9-5-4-6-14(19)20)12-10-11(17(22)23-3)7-8-13(12)24-18/h4-10,15-16,21H,1-3H3/t15-,16+/m1/s1. The summed E-state index contributed by atoms with van der Waals surface area (Å²) in [5, 5.41) is 10.8. The number of methoxy groups -OCH3 is 1. The van der Waals surface area contributed by atoms with Crippen molar-refractivity contribution in [2.24, 2.45) is 0 Å². The van der Waals surface area contributed by atoms with E-state index in [1.165, 1.54) is 17.7 Å². The largest absolute Gasteiger partial charge is 0.485 e. The zero-order chi connectivity index (χ0) is 17.5. The van der Waals surface area contributed by atoms with Crippen LogP contribution in [-0.4, -0.2) is 34.5 Å². The lowest BCUT2D eigenvalue weighted by molar-refractivity contribution is -0.0643. The first-order valence-corrected chi connectivity index (χ1v) is 7.61. The van der Waals surface area contributed by atoms with Crippen LogP contribution in [0.25, 0.3) is 0 Å². The predicted molar refractivity (Wildman–Crippen MR) is 87.3 cm³/mol. The minimum Gasteiger partial charge on any atom is -0.485 e. The average Bonchev–Trinajstić information content (AvgIpc) is 2.56. The molecule has 0 saturated carbocycles. The number of carbonyl (C=O) groups is 1. The van der Waals surface area contributed by atoms with Crippen LogP contribution >= 0.6 is 0 Å². The SMILES string of the molecule is COC(=O)c1ccc2c(c1)[C@@H](n1ccccc1=O)[C@H](O)C(C)(C)O2. The maximum Gasteiger partial charge on any atom is 0.337 e. The summed E-state index contributed by atoms with van der Waals surface area (Å²) in [6.07, 6.45) is 0.643. The smallest absolute Gasteiger partial charge is 0.337 e. The number of aromatic nitrogens is 1. The molecular weight excluding hydrogens is 310 g/mol. The summed E-state index contributed by atoms with van der Waals surface area (Å²) in [6.45, 7) is 3.52. The van der Waals surface area contributed by atoms with Crippen LogP contribution in [0.4, 0.5) is 0 Å². The second-order valence-electron chi connectivity index (χ2n) is 6.29. The van der Waals surface area contributed by atoms with E-state index in [0.717, 1.165) is 0 Å². The minimum atomic E-state index is -0.974. The lowest BCUT2D eigenvalue weighted by atomic mass is 9.85. The lowest BCUT2D eigenvalue weighted by Gasteiger charge is -2.42. The highest BCUT2D eigenvalue weighted by Gasteiger charge is 2.44. The van der Waals surface area contributed by atoms with Crippen LogP contribution in [0.3, 0.4) is 0 Å². The number of aliphatic hydroxyl groups excluding tert-OH is 1. The molecule has 2 heterocycles. The number of ether oxygens (including phenoxy) is 2. The first-order chi connectivity index (χ1) is 11.3. The third-order valence-electron chi connectivity index (χ3n) is 4.28. The molecule has 2 aromatic rings. The van der Waals surface area contributed by atoms with Crippen molar-refractivity contribution in [3.8, 4) is 5.75 Å². The van der Waals surface area contributed by atoms with Crippen molar-refractivity contribution >= 4 is 5.97 Å². The highest BCUT2D eigenvalue weighted by molar-refractivity contribution is 5.89. The molecule has 0 radical (unpaired) electrons. The van der Waals surface area contributed by atoms with Gasteiger partial charge in [-0.05, 0) is 38.1 Å². The van der Waals surface area contributed by atoms with Crippen molar-refractivity contribution < 1.29 is 19.4 Å². The van der Waals surface area contributed by atoms with Gasteiger partial charge in [0.05, 0.1) is 18.7 Å². The van der Waals surface area contributed by atoms with Crippen molar-refractivity contribution in [1.29, 1.82) is 0 Å².